The number of benzene rings is 1. The summed E-state index contributed by atoms with van der Waals surface area (Å²) in [5, 5.41) is 57.5. The van der Waals surface area contributed by atoms with Crippen molar-refractivity contribution >= 4 is 11.9 Å². The summed E-state index contributed by atoms with van der Waals surface area (Å²) in [5.41, 5.74) is -1.05. The molecule has 2 aromatic rings. The van der Waals surface area contributed by atoms with Gasteiger partial charge in [-0.1, -0.05) is 30.3 Å². The molecule has 5 N–H and O–H groups in total. The fraction of sp³-hybridized carbons (Fsp3) is 0.300. The first kappa shape index (κ1) is 23.9. The Morgan fingerprint density at radius 1 is 0.903 bits per heavy atom. The summed E-state index contributed by atoms with van der Waals surface area (Å²) < 4.78 is 9.37. The fourth-order valence-electron chi connectivity index (χ4n) is 2.88. The highest BCUT2D eigenvalue weighted by molar-refractivity contribution is 5.99. The molecule has 0 spiro atoms. The van der Waals surface area contributed by atoms with Gasteiger partial charge < -0.3 is 35.0 Å². The maximum Gasteiger partial charge on any atom is 0.359 e. The number of esters is 2. The van der Waals surface area contributed by atoms with Gasteiger partial charge in [0.25, 0.3) is 0 Å². The molecule has 31 heavy (non-hydrogen) atoms. The zero-order valence-corrected chi connectivity index (χ0v) is 16.6. The minimum atomic E-state index is -2.08. The average Bonchev–Trinajstić information content (AvgIpc) is 2.81. The van der Waals surface area contributed by atoms with Crippen molar-refractivity contribution in [2.45, 2.75) is 24.4 Å². The molecule has 0 aliphatic heterocycles. The predicted molar refractivity (Wildman–Crippen MR) is 105 cm³/mol. The van der Waals surface area contributed by atoms with Crippen LogP contribution in [0.3, 0.4) is 0 Å². The van der Waals surface area contributed by atoms with Crippen LogP contribution in [0.4, 0.5) is 0 Å². The van der Waals surface area contributed by atoms with Crippen molar-refractivity contribution in [2.75, 3.05) is 14.2 Å². The van der Waals surface area contributed by atoms with E-state index in [9.17, 15) is 30.0 Å². The number of hydrogen-bond donors (Lipinski definition) is 5. The van der Waals surface area contributed by atoms with Crippen LogP contribution in [0, 0.1) is 0 Å². The van der Waals surface area contributed by atoms with Gasteiger partial charge in [-0.25, -0.2) is 9.59 Å². The van der Waals surface area contributed by atoms with Crippen LogP contribution in [0.15, 0.2) is 42.7 Å². The van der Waals surface area contributed by atoms with Gasteiger partial charge in [0.2, 0.25) is 0 Å². The number of carbonyl (C=O) groups is 2. The quantitative estimate of drug-likeness (QED) is 0.277. The zero-order valence-electron chi connectivity index (χ0n) is 16.6. The van der Waals surface area contributed by atoms with Crippen LogP contribution in [0.1, 0.15) is 32.6 Å². The molecule has 1 heterocycles. The van der Waals surface area contributed by atoms with Crippen LogP contribution in [-0.2, 0) is 9.47 Å². The fourth-order valence-corrected chi connectivity index (χ4v) is 2.88. The number of carbonyl (C=O) groups excluding carboxylic acids is 2. The third-order valence-electron chi connectivity index (χ3n) is 4.43. The Kier molecular flexibility index (Phi) is 8.16. The molecule has 11 heteroatoms. The zero-order chi connectivity index (χ0) is 23.1. The Morgan fingerprint density at radius 3 is 2.00 bits per heavy atom. The van der Waals surface area contributed by atoms with E-state index in [0.717, 1.165) is 20.3 Å². The van der Waals surface area contributed by atoms with E-state index in [4.69, 9.17) is 9.84 Å². The number of methoxy groups -OCH3 is 2. The second kappa shape index (κ2) is 10.6. The predicted octanol–water partition coefficient (Wildman–Crippen LogP) is -0.0954. The Labute approximate surface area is 176 Å². The summed E-state index contributed by atoms with van der Waals surface area (Å²) in [6, 6.07) is 8.01. The lowest BCUT2D eigenvalue weighted by Gasteiger charge is -2.27. The summed E-state index contributed by atoms with van der Waals surface area (Å²) >= 11 is 0. The average molecular weight is 434 g/mol. The molecule has 1 aromatic carbocycles. The summed E-state index contributed by atoms with van der Waals surface area (Å²) in [6.07, 6.45) is -6.64. The van der Waals surface area contributed by atoms with Crippen molar-refractivity contribution in [1.29, 1.82) is 0 Å². The van der Waals surface area contributed by atoms with Crippen LogP contribution in [-0.4, -0.2) is 80.2 Å². The Hall–Kier alpha value is -3.38. The van der Waals surface area contributed by atoms with E-state index in [-0.39, 0.29) is 16.8 Å². The first-order chi connectivity index (χ1) is 14.8. The molecule has 0 saturated heterocycles. The lowest BCUT2D eigenvalue weighted by molar-refractivity contribution is -0.0948. The van der Waals surface area contributed by atoms with E-state index in [1.165, 1.54) is 0 Å². The van der Waals surface area contributed by atoms with Crippen LogP contribution < -0.4 is 0 Å². The van der Waals surface area contributed by atoms with Gasteiger partial charge in [0.05, 0.1) is 20.5 Å². The highest BCUT2D eigenvalue weighted by Gasteiger charge is 2.37. The molecule has 4 atom stereocenters. The number of aromatic nitrogens is 2. The normalized spacial score (nSPS) is 15.2. The smallest absolute Gasteiger partial charge is 0.359 e. The van der Waals surface area contributed by atoms with Crippen molar-refractivity contribution in [1.82, 2.24) is 10.2 Å². The second-order valence-corrected chi connectivity index (χ2v) is 6.29. The highest BCUT2D eigenvalue weighted by atomic mass is 16.5. The van der Waals surface area contributed by atoms with E-state index in [2.05, 4.69) is 14.9 Å². The van der Waals surface area contributed by atoms with Crippen molar-refractivity contribution in [3.63, 3.8) is 0 Å². The molecular weight excluding hydrogens is 412 g/mol. The molecule has 0 radical (unpaired) electrons. The van der Waals surface area contributed by atoms with Crippen LogP contribution in [0.25, 0.3) is 11.1 Å². The summed E-state index contributed by atoms with van der Waals surface area (Å²) in [6.45, 7) is 0. The first-order valence-corrected chi connectivity index (χ1v) is 8.94. The lowest BCUT2D eigenvalue weighted by Crippen LogP contribution is -2.41. The number of rotatable bonds is 8. The molecule has 0 saturated carbocycles. The number of hydrogen-bond acceptors (Lipinski definition) is 11. The van der Waals surface area contributed by atoms with Crippen molar-refractivity contribution in [2.24, 2.45) is 0 Å². The van der Waals surface area contributed by atoms with Crippen LogP contribution in [0.5, 0.6) is 0 Å². The van der Waals surface area contributed by atoms with E-state index >= 15 is 0 Å². The number of aliphatic hydroxyl groups excluding tert-OH is 5. The minimum absolute atomic E-state index is 0.0891. The van der Waals surface area contributed by atoms with Crippen molar-refractivity contribution < 1.29 is 44.6 Å². The van der Waals surface area contributed by atoms with E-state index in [1.54, 1.807) is 30.3 Å². The maximum atomic E-state index is 12.3. The largest absolute Gasteiger partial charge is 0.516 e. The minimum Gasteiger partial charge on any atom is -0.516 e. The Balaban J connectivity index is 2.80. The van der Waals surface area contributed by atoms with Gasteiger partial charge in [-0.2, -0.15) is 0 Å². The molecule has 0 bridgehead atoms. The Bertz CT molecular complexity index is 949. The van der Waals surface area contributed by atoms with Gasteiger partial charge in [0.15, 0.2) is 11.4 Å². The SMILES string of the molecule is COC(=O)c1nnc(C(=O)OC)c(C(O)C(O)C(O)C(O)C=CO)c1-c1ccccc1. The van der Waals surface area contributed by atoms with Crippen LogP contribution in [0.2, 0.25) is 0 Å². The summed E-state index contributed by atoms with van der Waals surface area (Å²) in [5.74, 6) is -1.97. The summed E-state index contributed by atoms with van der Waals surface area (Å²) in [4.78, 5) is 24.6. The number of nitrogens with zero attached hydrogens (tertiary/aromatic N) is 2. The number of aliphatic hydroxyl groups is 5. The van der Waals surface area contributed by atoms with E-state index in [0.29, 0.717) is 11.8 Å². The van der Waals surface area contributed by atoms with Crippen LogP contribution >= 0.6 is 0 Å². The van der Waals surface area contributed by atoms with Gasteiger partial charge >= 0.3 is 11.9 Å². The molecule has 0 aliphatic carbocycles. The van der Waals surface area contributed by atoms with Gasteiger partial charge in [0, 0.05) is 11.1 Å². The topological polar surface area (TPSA) is 180 Å². The molecule has 166 valence electrons. The molecule has 4 unspecified atom stereocenters. The maximum absolute atomic E-state index is 12.3. The van der Waals surface area contributed by atoms with Gasteiger partial charge in [-0.05, 0) is 11.6 Å². The third kappa shape index (κ3) is 5.03. The van der Waals surface area contributed by atoms with Gasteiger partial charge in [-0.15, -0.1) is 10.2 Å². The standard InChI is InChI=1S/C20H22N2O9/c1-30-19(28)14-12(10-6-4-3-5-7-10)13(15(22-21-14)20(29)31-2)17(26)18(27)16(25)11(24)8-9-23/h3-9,11,16-18,23-27H,1-2H3. The molecule has 1 aromatic heterocycles. The molecular formula is C20H22N2O9. The second-order valence-electron chi connectivity index (χ2n) is 6.29. The lowest BCUT2D eigenvalue weighted by atomic mass is 9.89. The molecule has 2 rings (SSSR count). The van der Waals surface area contributed by atoms with E-state index in [1.807, 2.05) is 0 Å². The molecule has 0 fully saturated rings. The monoisotopic (exact) mass is 434 g/mol. The Morgan fingerprint density at radius 2 is 1.45 bits per heavy atom. The molecule has 0 amide bonds. The van der Waals surface area contributed by atoms with Crippen molar-refractivity contribution in [3.8, 4) is 11.1 Å². The highest BCUT2D eigenvalue weighted by Crippen LogP contribution is 2.35. The van der Waals surface area contributed by atoms with Gasteiger partial charge in [0.1, 0.15) is 24.4 Å². The van der Waals surface area contributed by atoms with Crippen molar-refractivity contribution in [3.05, 3.63) is 59.6 Å². The molecule has 0 aliphatic rings. The third-order valence-corrected chi connectivity index (χ3v) is 4.43. The first-order valence-electron chi connectivity index (χ1n) is 8.94. The number of ether oxygens (including phenoxy) is 2. The summed E-state index contributed by atoms with van der Waals surface area (Å²) in [7, 11) is 2.15. The van der Waals surface area contributed by atoms with E-state index < -0.39 is 42.0 Å². The van der Waals surface area contributed by atoms with Gasteiger partial charge in [-0.3, -0.25) is 0 Å². The molecule has 11 nitrogen and oxygen atoms in total.